The lowest BCUT2D eigenvalue weighted by Gasteiger charge is -2.12. The molecule has 0 amide bonds. The van der Waals surface area contributed by atoms with Crippen LogP contribution in [-0.4, -0.2) is 19.7 Å². The molecule has 0 aliphatic carbocycles. The average molecular weight is 397 g/mol. The van der Waals surface area contributed by atoms with E-state index in [1.54, 1.807) is 29.4 Å². The Bertz CT molecular complexity index is 1030. The van der Waals surface area contributed by atoms with Crippen LogP contribution in [0.2, 0.25) is 0 Å². The van der Waals surface area contributed by atoms with Crippen LogP contribution in [-0.2, 0) is 5.75 Å². The van der Waals surface area contributed by atoms with Gasteiger partial charge in [0.1, 0.15) is 5.01 Å². The fourth-order valence-corrected chi connectivity index (χ4v) is 4.84. The van der Waals surface area contributed by atoms with E-state index in [1.807, 2.05) is 12.1 Å². The van der Waals surface area contributed by atoms with Gasteiger partial charge in [-0.1, -0.05) is 36.0 Å². The molecule has 0 spiro atoms. The Kier molecular flexibility index (Phi) is 5.13. The predicted octanol–water partition coefficient (Wildman–Crippen LogP) is 5.84. The van der Waals surface area contributed by atoms with Crippen LogP contribution in [0.25, 0.3) is 22.2 Å². The highest BCUT2D eigenvalue weighted by molar-refractivity contribution is 7.98. The Morgan fingerprint density at radius 2 is 2.00 bits per heavy atom. The van der Waals surface area contributed by atoms with Crippen LogP contribution in [0.1, 0.15) is 31.1 Å². The minimum Gasteiger partial charge on any atom is -0.461 e. The highest BCUT2D eigenvalue weighted by Gasteiger charge is 2.19. The van der Waals surface area contributed by atoms with Crippen molar-refractivity contribution >= 4 is 23.1 Å². The molecule has 0 saturated heterocycles. The summed E-state index contributed by atoms with van der Waals surface area (Å²) in [7, 11) is 0. The fraction of sp³-hybridized carbons (Fsp3) is 0.250. The van der Waals surface area contributed by atoms with Crippen molar-refractivity contribution in [1.82, 2.24) is 19.7 Å². The molecule has 0 aliphatic heterocycles. The van der Waals surface area contributed by atoms with Gasteiger partial charge in [0.25, 0.3) is 0 Å². The summed E-state index contributed by atoms with van der Waals surface area (Å²) in [6, 6.07) is 12.4. The van der Waals surface area contributed by atoms with E-state index in [9.17, 15) is 0 Å². The van der Waals surface area contributed by atoms with E-state index in [0.717, 1.165) is 33.2 Å². The van der Waals surface area contributed by atoms with Gasteiger partial charge >= 0.3 is 0 Å². The molecule has 4 rings (SSSR count). The third-order valence-electron chi connectivity index (χ3n) is 4.20. The topological polar surface area (TPSA) is 56.7 Å². The van der Waals surface area contributed by atoms with Gasteiger partial charge in [-0.3, -0.25) is 4.57 Å². The molecule has 1 aromatic carbocycles. The molecular weight excluding hydrogens is 376 g/mol. The normalized spacial score (nSPS) is 11.4. The summed E-state index contributed by atoms with van der Waals surface area (Å²) >= 11 is 3.33. The molecule has 0 N–H and O–H groups in total. The van der Waals surface area contributed by atoms with E-state index in [1.165, 1.54) is 11.1 Å². The Hall–Kier alpha value is -2.38. The summed E-state index contributed by atoms with van der Waals surface area (Å²) in [5, 5.41) is 12.8. The van der Waals surface area contributed by atoms with Crippen molar-refractivity contribution in [2.45, 2.75) is 37.7 Å². The van der Waals surface area contributed by atoms with E-state index < -0.39 is 0 Å². The number of aromatic nitrogens is 4. The molecule has 4 aromatic rings. The highest BCUT2D eigenvalue weighted by Crippen LogP contribution is 2.32. The monoisotopic (exact) mass is 396 g/mol. The number of rotatable bonds is 6. The second-order valence-corrected chi connectivity index (χ2v) is 8.30. The van der Waals surface area contributed by atoms with E-state index in [4.69, 9.17) is 9.40 Å². The van der Waals surface area contributed by atoms with Crippen molar-refractivity contribution in [3.63, 3.8) is 0 Å². The molecule has 0 aliphatic rings. The number of thioether (sulfide) groups is 1. The molecule has 0 atom stereocenters. The lowest BCUT2D eigenvalue weighted by Crippen LogP contribution is -2.04. The fourth-order valence-electron chi connectivity index (χ4n) is 2.86. The number of benzene rings is 1. The number of furan rings is 1. The molecular formula is C20H20N4OS2. The third-order valence-corrected chi connectivity index (χ3v) is 6.10. The smallest absolute Gasteiger partial charge is 0.200 e. The van der Waals surface area contributed by atoms with Crippen molar-refractivity contribution in [2.24, 2.45) is 0 Å². The van der Waals surface area contributed by atoms with Crippen LogP contribution < -0.4 is 0 Å². The molecule has 0 radical (unpaired) electrons. The van der Waals surface area contributed by atoms with Crippen molar-refractivity contribution in [2.75, 3.05) is 0 Å². The van der Waals surface area contributed by atoms with Crippen LogP contribution in [0, 0.1) is 6.92 Å². The number of thiazole rings is 1. The molecule has 0 saturated carbocycles. The molecule has 3 aromatic heterocycles. The molecule has 0 fully saturated rings. The Morgan fingerprint density at radius 3 is 2.74 bits per heavy atom. The third kappa shape index (κ3) is 3.70. The van der Waals surface area contributed by atoms with Crippen molar-refractivity contribution in [3.05, 3.63) is 59.3 Å². The number of hydrogen-bond acceptors (Lipinski definition) is 6. The Balaban J connectivity index is 1.54. The Morgan fingerprint density at radius 1 is 1.15 bits per heavy atom. The van der Waals surface area contributed by atoms with Crippen LogP contribution in [0.4, 0.5) is 0 Å². The molecule has 3 heterocycles. The minimum absolute atomic E-state index is 0.237. The Labute approximate surface area is 166 Å². The molecule has 7 heteroatoms. The first-order valence-corrected chi connectivity index (χ1v) is 10.6. The van der Waals surface area contributed by atoms with E-state index in [0.29, 0.717) is 0 Å². The van der Waals surface area contributed by atoms with Crippen molar-refractivity contribution in [3.8, 4) is 22.2 Å². The zero-order valence-corrected chi connectivity index (χ0v) is 17.0. The van der Waals surface area contributed by atoms with Gasteiger partial charge in [0.15, 0.2) is 10.9 Å². The van der Waals surface area contributed by atoms with Gasteiger partial charge in [0, 0.05) is 22.7 Å². The summed E-state index contributed by atoms with van der Waals surface area (Å²) in [5.74, 6) is 2.25. The van der Waals surface area contributed by atoms with Crippen LogP contribution >= 0.6 is 23.1 Å². The molecule has 27 heavy (non-hydrogen) atoms. The van der Waals surface area contributed by atoms with E-state index in [2.05, 4.69) is 65.2 Å². The van der Waals surface area contributed by atoms with Gasteiger partial charge in [-0.15, -0.1) is 21.5 Å². The average Bonchev–Trinajstić information content (AvgIpc) is 3.39. The first-order chi connectivity index (χ1) is 13.1. The maximum absolute atomic E-state index is 5.51. The number of hydrogen-bond donors (Lipinski definition) is 0. The van der Waals surface area contributed by atoms with Gasteiger partial charge in [0.2, 0.25) is 5.82 Å². The first kappa shape index (κ1) is 18.0. The van der Waals surface area contributed by atoms with E-state index >= 15 is 0 Å². The molecule has 138 valence electrons. The SMILES string of the molecule is Cc1ccccc1-c1nc(CSc2nnc(-c3ccco3)n2C(C)C)cs1. The summed E-state index contributed by atoms with van der Waals surface area (Å²) in [5.41, 5.74) is 3.50. The summed E-state index contributed by atoms with van der Waals surface area (Å²) < 4.78 is 7.62. The highest BCUT2D eigenvalue weighted by atomic mass is 32.2. The van der Waals surface area contributed by atoms with E-state index in [-0.39, 0.29) is 6.04 Å². The quantitative estimate of drug-likeness (QED) is 0.383. The summed E-state index contributed by atoms with van der Waals surface area (Å²) in [4.78, 5) is 4.81. The first-order valence-electron chi connectivity index (χ1n) is 8.75. The summed E-state index contributed by atoms with van der Waals surface area (Å²) in [6.07, 6.45) is 1.66. The zero-order valence-electron chi connectivity index (χ0n) is 15.4. The maximum Gasteiger partial charge on any atom is 0.200 e. The van der Waals surface area contributed by atoms with Crippen molar-refractivity contribution < 1.29 is 4.42 Å². The van der Waals surface area contributed by atoms with Crippen molar-refractivity contribution in [1.29, 1.82) is 0 Å². The van der Waals surface area contributed by atoms with Gasteiger partial charge < -0.3 is 4.42 Å². The lowest BCUT2D eigenvalue weighted by molar-refractivity contribution is 0.529. The van der Waals surface area contributed by atoms with Gasteiger partial charge in [-0.25, -0.2) is 4.98 Å². The number of nitrogens with zero attached hydrogens (tertiary/aromatic N) is 4. The second-order valence-electron chi connectivity index (χ2n) is 6.49. The minimum atomic E-state index is 0.237. The maximum atomic E-state index is 5.51. The standard InChI is InChI=1S/C20H20N4OS2/c1-13(2)24-18(17-9-6-10-25-17)22-23-20(24)27-12-15-11-26-19(21-15)16-8-5-4-7-14(16)3/h4-11,13H,12H2,1-3H3. The molecule has 5 nitrogen and oxygen atoms in total. The van der Waals surface area contributed by atoms with Crippen LogP contribution in [0.5, 0.6) is 0 Å². The molecule has 0 unspecified atom stereocenters. The van der Waals surface area contributed by atoms with Crippen LogP contribution in [0.15, 0.2) is 57.6 Å². The summed E-state index contributed by atoms with van der Waals surface area (Å²) in [6.45, 7) is 6.37. The largest absolute Gasteiger partial charge is 0.461 e. The zero-order chi connectivity index (χ0) is 18.8. The predicted molar refractivity (Wildman–Crippen MR) is 110 cm³/mol. The number of aryl methyl sites for hydroxylation is 1. The van der Waals surface area contributed by atoms with Gasteiger partial charge in [0.05, 0.1) is 12.0 Å². The molecule has 0 bridgehead atoms. The van der Waals surface area contributed by atoms with Gasteiger partial charge in [-0.05, 0) is 38.5 Å². The lowest BCUT2D eigenvalue weighted by atomic mass is 10.1. The van der Waals surface area contributed by atoms with Crippen LogP contribution in [0.3, 0.4) is 0 Å². The second kappa shape index (κ2) is 7.70. The van der Waals surface area contributed by atoms with Gasteiger partial charge in [-0.2, -0.15) is 0 Å².